The zero-order chi connectivity index (χ0) is 15.2. The van der Waals surface area contributed by atoms with Crippen LogP contribution < -0.4 is 10.1 Å². The third kappa shape index (κ3) is 3.96. The molecule has 2 aromatic rings. The lowest BCUT2D eigenvalue weighted by Crippen LogP contribution is -2.19. The number of halogens is 2. The second-order valence-electron chi connectivity index (χ2n) is 4.81. The van der Waals surface area contributed by atoms with Crippen LogP contribution in [-0.2, 0) is 6.61 Å². The van der Waals surface area contributed by atoms with E-state index in [4.69, 9.17) is 16.3 Å². The average molecular weight is 308 g/mol. The Balaban J connectivity index is 2.20. The van der Waals surface area contributed by atoms with Crippen LogP contribution in [0.1, 0.15) is 31.0 Å². The van der Waals surface area contributed by atoms with Crippen molar-refractivity contribution >= 4 is 11.6 Å². The van der Waals surface area contributed by atoms with Crippen LogP contribution in [0.2, 0.25) is 5.02 Å². The normalized spacial score (nSPS) is 12.2. The van der Waals surface area contributed by atoms with Crippen molar-refractivity contribution in [1.82, 2.24) is 5.32 Å². The van der Waals surface area contributed by atoms with Crippen LogP contribution in [0.15, 0.2) is 42.5 Å². The highest BCUT2D eigenvalue weighted by Crippen LogP contribution is 2.29. The number of nitrogens with one attached hydrogen (secondary N) is 1. The summed E-state index contributed by atoms with van der Waals surface area (Å²) in [6.07, 6.45) is 0. The van der Waals surface area contributed by atoms with Gasteiger partial charge in [-0.3, -0.25) is 0 Å². The fourth-order valence-corrected chi connectivity index (χ4v) is 2.43. The van der Waals surface area contributed by atoms with Gasteiger partial charge in [-0.05, 0) is 31.7 Å². The molecule has 4 heteroatoms. The van der Waals surface area contributed by atoms with Gasteiger partial charge in [0.1, 0.15) is 18.2 Å². The monoisotopic (exact) mass is 307 g/mol. The first-order valence-electron chi connectivity index (χ1n) is 7.01. The van der Waals surface area contributed by atoms with Crippen LogP contribution in [0.4, 0.5) is 4.39 Å². The molecule has 2 rings (SSSR count). The molecule has 0 aliphatic heterocycles. The first-order chi connectivity index (χ1) is 10.1. The van der Waals surface area contributed by atoms with E-state index in [1.165, 1.54) is 6.07 Å². The molecule has 0 spiro atoms. The molecule has 0 saturated carbocycles. The molecule has 0 radical (unpaired) electrons. The summed E-state index contributed by atoms with van der Waals surface area (Å²) >= 11 is 6.11. The molecule has 21 heavy (non-hydrogen) atoms. The van der Waals surface area contributed by atoms with Crippen molar-refractivity contribution in [3.8, 4) is 5.75 Å². The molecule has 0 heterocycles. The van der Waals surface area contributed by atoms with Crippen molar-refractivity contribution in [3.63, 3.8) is 0 Å². The van der Waals surface area contributed by atoms with E-state index in [2.05, 4.69) is 5.32 Å². The maximum Gasteiger partial charge on any atom is 0.131 e. The van der Waals surface area contributed by atoms with Crippen molar-refractivity contribution in [3.05, 3.63) is 64.4 Å². The van der Waals surface area contributed by atoms with Gasteiger partial charge in [-0.15, -0.1) is 0 Å². The molecule has 1 N–H and O–H groups in total. The SMILES string of the molecule is CCNC(C)c1c(F)cccc1OCc1ccccc1Cl. The molecule has 0 aliphatic rings. The van der Waals surface area contributed by atoms with Gasteiger partial charge in [-0.1, -0.05) is 42.8 Å². The van der Waals surface area contributed by atoms with Crippen LogP contribution >= 0.6 is 11.6 Å². The molecule has 0 fully saturated rings. The zero-order valence-corrected chi connectivity index (χ0v) is 13.0. The van der Waals surface area contributed by atoms with Crippen molar-refractivity contribution < 1.29 is 9.13 Å². The van der Waals surface area contributed by atoms with Crippen LogP contribution in [0.5, 0.6) is 5.75 Å². The third-order valence-electron chi connectivity index (χ3n) is 3.30. The zero-order valence-electron chi connectivity index (χ0n) is 12.2. The van der Waals surface area contributed by atoms with Crippen LogP contribution in [-0.4, -0.2) is 6.54 Å². The molecule has 0 saturated heterocycles. The van der Waals surface area contributed by atoms with Gasteiger partial charge in [0.15, 0.2) is 0 Å². The summed E-state index contributed by atoms with van der Waals surface area (Å²) in [7, 11) is 0. The van der Waals surface area contributed by atoms with E-state index in [1.807, 2.05) is 38.1 Å². The smallest absolute Gasteiger partial charge is 0.131 e. The summed E-state index contributed by atoms with van der Waals surface area (Å²) in [5, 5.41) is 3.85. The highest BCUT2D eigenvalue weighted by molar-refractivity contribution is 6.31. The molecule has 112 valence electrons. The van der Waals surface area contributed by atoms with Gasteiger partial charge in [0, 0.05) is 22.2 Å². The second kappa shape index (κ2) is 7.43. The molecule has 2 aromatic carbocycles. The van der Waals surface area contributed by atoms with E-state index < -0.39 is 0 Å². The highest BCUT2D eigenvalue weighted by Gasteiger charge is 2.16. The summed E-state index contributed by atoms with van der Waals surface area (Å²) in [5.41, 5.74) is 1.43. The summed E-state index contributed by atoms with van der Waals surface area (Å²) in [4.78, 5) is 0. The molecule has 0 aromatic heterocycles. The third-order valence-corrected chi connectivity index (χ3v) is 3.67. The average Bonchev–Trinajstić information content (AvgIpc) is 2.46. The van der Waals surface area contributed by atoms with Gasteiger partial charge in [-0.25, -0.2) is 4.39 Å². The summed E-state index contributed by atoms with van der Waals surface area (Å²) < 4.78 is 19.9. The Morgan fingerprint density at radius 3 is 2.67 bits per heavy atom. The minimum atomic E-state index is -0.264. The number of ether oxygens (including phenoxy) is 1. The summed E-state index contributed by atoms with van der Waals surface area (Å²) in [6.45, 7) is 4.99. The van der Waals surface area contributed by atoms with Gasteiger partial charge in [0.2, 0.25) is 0 Å². The second-order valence-corrected chi connectivity index (χ2v) is 5.22. The number of hydrogen-bond acceptors (Lipinski definition) is 2. The van der Waals surface area contributed by atoms with Crippen molar-refractivity contribution in [2.45, 2.75) is 26.5 Å². The first-order valence-corrected chi connectivity index (χ1v) is 7.39. The molecule has 0 amide bonds. The number of hydrogen-bond donors (Lipinski definition) is 1. The lowest BCUT2D eigenvalue weighted by atomic mass is 10.1. The molecule has 0 aliphatic carbocycles. The van der Waals surface area contributed by atoms with Crippen LogP contribution in [0.25, 0.3) is 0 Å². The maximum absolute atomic E-state index is 14.1. The Bertz CT molecular complexity index is 603. The van der Waals surface area contributed by atoms with Gasteiger partial charge in [0.25, 0.3) is 0 Å². The van der Waals surface area contributed by atoms with E-state index in [1.54, 1.807) is 12.1 Å². The van der Waals surface area contributed by atoms with E-state index in [9.17, 15) is 4.39 Å². The first kappa shape index (κ1) is 15.8. The van der Waals surface area contributed by atoms with E-state index in [-0.39, 0.29) is 11.9 Å². The molecular formula is C17H19ClFNO. The van der Waals surface area contributed by atoms with Crippen LogP contribution in [0.3, 0.4) is 0 Å². The molecule has 1 unspecified atom stereocenters. The lowest BCUT2D eigenvalue weighted by Gasteiger charge is -2.18. The topological polar surface area (TPSA) is 21.3 Å². The fraction of sp³-hybridized carbons (Fsp3) is 0.294. The predicted molar refractivity (Wildman–Crippen MR) is 84.3 cm³/mol. The minimum Gasteiger partial charge on any atom is -0.488 e. The summed E-state index contributed by atoms with van der Waals surface area (Å²) in [5.74, 6) is 0.281. The summed E-state index contributed by atoms with van der Waals surface area (Å²) in [6, 6.07) is 12.2. The highest BCUT2D eigenvalue weighted by atomic mass is 35.5. The lowest BCUT2D eigenvalue weighted by molar-refractivity contribution is 0.297. The van der Waals surface area contributed by atoms with Crippen molar-refractivity contribution in [2.75, 3.05) is 6.54 Å². The Kier molecular flexibility index (Phi) is 5.59. The predicted octanol–water partition coefficient (Wildman–Crippen LogP) is 4.73. The molecule has 1 atom stereocenters. The largest absolute Gasteiger partial charge is 0.488 e. The fourth-order valence-electron chi connectivity index (χ4n) is 2.24. The molecule has 0 bridgehead atoms. The maximum atomic E-state index is 14.1. The standard InChI is InChI=1S/C17H19ClFNO/c1-3-20-12(2)17-15(19)9-6-10-16(17)21-11-13-7-4-5-8-14(13)18/h4-10,12,20H,3,11H2,1-2H3. The van der Waals surface area contributed by atoms with Crippen LogP contribution in [0, 0.1) is 5.82 Å². The minimum absolute atomic E-state index is 0.113. The molecular weight excluding hydrogens is 289 g/mol. The Morgan fingerprint density at radius 1 is 1.19 bits per heavy atom. The quantitative estimate of drug-likeness (QED) is 0.833. The number of benzene rings is 2. The van der Waals surface area contributed by atoms with Crippen molar-refractivity contribution in [2.24, 2.45) is 0 Å². The van der Waals surface area contributed by atoms with Gasteiger partial charge in [-0.2, -0.15) is 0 Å². The van der Waals surface area contributed by atoms with Crippen molar-refractivity contribution in [1.29, 1.82) is 0 Å². The van der Waals surface area contributed by atoms with E-state index >= 15 is 0 Å². The van der Waals surface area contributed by atoms with E-state index in [0.717, 1.165) is 12.1 Å². The Morgan fingerprint density at radius 2 is 1.95 bits per heavy atom. The Hall–Kier alpha value is -1.58. The van der Waals surface area contributed by atoms with Gasteiger partial charge < -0.3 is 10.1 Å². The number of rotatable bonds is 6. The van der Waals surface area contributed by atoms with E-state index in [0.29, 0.717) is 22.9 Å². The molecule has 2 nitrogen and oxygen atoms in total. The Labute approximate surface area is 129 Å². The van der Waals surface area contributed by atoms with Gasteiger partial charge in [0.05, 0.1) is 0 Å². The van der Waals surface area contributed by atoms with Gasteiger partial charge >= 0.3 is 0 Å².